The molecule has 316 valence electrons. The van der Waals surface area contributed by atoms with Gasteiger partial charge in [0, 0.05) is 0 Å². The number of nitrogens with zero attached hydrogens (tertiary/aromatic N) is 1. The van der Waals surface area contributed by atoms with Gasteiger partial charge in [0.1, 0.15) is 28.7 Å². The minimum Gasteiger partial charge on any atom is -0.494 e. The number of rotatable bonds is 24. The van der Waals surface area contributed by atoms with Crippen molar-refractivity contribution in [2.75, 3.05) is 6.61 Å². The van der Waals surface area contributed by atoms with Crippen LogP contribution in [0.1, 0.15) is 144 Å². The molecule has 0 fully saturated rings. The first-order valence-corrected chi connectivity index (χ1v) is 21.2. The van der Waals surface area contributed by atoms with Crippen molar-refractivity contribution in [2.24, 2.45) is 0 Å². The molecular formula is C51H53NO9. The van der Waals surface area contributed by atoms with Gasteiger partial charge in [-0.15, -0.1) is 0 Å². The van der Waals surface area contributed by atoms with Gasteiger partial charge in [0.25, 0.3) is 0 Å². The Kier molecular flexibility index (Phi) is 18.6. The van der Waals surface area contributed by atoms with Crippen LogP contribution in [-0.4, -0.2) is 30.5 Å². The summed E-state index contributed by atoms with van der Waals surface area (Å²) in [5.74, 6) is -1.03. The van der Waals surface area contributed by atoms with Crippen molar-refractivity contribution >= 4 is 23.9 Å². The second kappa shape index (κ2) is 25.0. The van der Waals surface area contributed by atoms with Crippen LogP contribution >= 0.6 is 0 Å². The molecule has 0 amide bonds. The molecule has 5 rings (SSSR count). The first-order chi connectivity index (χ1) is 29.8. The first kappa shape index (κ1) is 45.4. The lowest BCUT2D eigenvalue weighted by atomic mass is 10.0. The summed E-state index contributed by atoms with van der Waals surface area (Å²) in [5.41, 5.74) is 1.36. The van der Waals surface area contributed by atoms with Gasteiger partial charge in [-0.25, -0.2) is 19.2 Å². The van der Waals surface area contributed by atoms with Crippen molar-refractivity contribution < 1.29 is 42.9 Å². The highest BCUT2D eigenvalue weighted by atomic mass is 16.5. The Hall–Kier alpha value is -6.73. The molecule has 0 heterocycles. The van der Waals surface area contributed by atoms with Crippen molar-refractivity contribution in [3.63, 3.8) is 0 Å². The van der Waals surface area contributed by atoms with E-state index in [-0.39, 0.29) is 39.7 Å². The van der Waals surface area contributed by atoms with E-state index in [1.807, 2.05) is 6.07 Å². The molecule has 5 aromatic carbocycles. The largest absolute Gasteiger partial charge is 0.494 e. The summed E-state index contributed by atoms with van der Waals surface area (Å²) in [6.07, 6.45) is 18.3. The normalized spacial score (nSPS) is 10.6. The lowest BCUT2D eigenvalue weighted by molar-refractivity contribution is 0.0712. The van der Waals surface area contributed by atoms with Crippen LogP contribution in [0.25, 0.3) is 0 Å². The number of carbonyl (C=O) groups is 4. The predicted octanol–water partition coefficient (Wildman–Crippen LogP) is 12.3. The molecule has 61 heavy (non-hydrogen) atoms. The highest BCUT2D eigenvalue weighted by molar-refractivity contribution is 5.95. The van der Waals surface area contributed by atoms with Crippen molar-refractivity contribution in [3.05, 3.63) is 149 Å². The van der Waals surface area contributed by atoms with E-state index in [0.29, 0.717) is 23.5 Å². The number of ether oxygens (including phenoxy) is 5. The summed E-state index contributed by atoms with van der Waals surface area (Å²) in [5, 5.41) is 8.92. The van der Waals surface area contributed by atoms with Crippen LogP contribution in [0.5, 0.6) is 28.7 Å². The average molecular weight is 824 g/mol. The third kappa shape index (κ3) is 15.8. The van der Waals surface area contributed by atoms with E-state index >= 15 is 0 Å². The molecule has 0 spiro atoms. The summed E-state index contributed by atoms with van der Waals surface area (Å²) in [7, 11) is 0. The Labute approximate surface area is 358 Å². The summed E-state index contributed by atoms with van der Waals surface area (Å²) in [6, 6.07) is 32.6. The van der Waals surface area contributed by atoms with E-state index in [0.717, 1.165) is 12.8 Å². The Morgan fingerprint density at radius 1 is 0.410 bits per heavy atom. The lowest BCUT2D eigenvalue weighted by Crippen LogP contribution is -2.12. The minimum absolute atomic E-state index is 0.114. The topological polar surface area (TPSA) is 138 Å². The van der Waals surface area contributed by atoms with Gasteiger partial charge in [-0.3, -0.25) is 0 Å². The summed E-state index contributed by atoms with van der Waals surface area (Å²) >= 11 is 0. The molecule has 0 aliphatic rings. The standard InChI is InChI=1S/C51H53NO9/c1-2-3-4-5-6-7-8-9-10-11-12-13-14-15-35-57-43-29-21-39(22-30-43)48(53)59-45-31-25-41(26-32-45)50(55)61-47-18-16-17-42(36-47)51(56)60-46-33-23-40(24-34-46)49(54)58-44-27-19-38(37-52)20-28-44/h16-34,36H,2-15,35H2,1H3. The monoisotopic (exact) mass is 823 g/mol. The third-order valence-corrected chi connectivity index (χ3v) is 9.93. The van der Waals surface area contributed by atoms with Gasteiger partial charge in [0.15, 0.2) is 0 Å². The fraction of sp³-hybridized carbons (Fsp3) is 0.314. The van der Waals surface area contributed by atoms with Crippen molar-refractivity contribution in [3.8, 4) is 34.8 Å². The summed E-state index contributed by atoms with van der Waals surface area (Å²) in [6.45, 7) is 2.90. The van der Waals surface area contributed by atoms with Crippen LogP contribution in [0.2, 0.25) is 0 Å². The number of hydrogen-bond donors (Lipinski definition) is 0. The zero-order chi connectivity index (χ0) is 43.1. The number of carbonyl (C=O) groups excluding carboxylic acids is 4. The maximum Gasteiger partial charge on any atom is 0.343 e. The van der Waals surface area contributed by atoms with Crippen LogP contribution in [0.4, 0.5) is 0 Å². The quantitative estimate of drug-likeness (QED) is 0.0336. The van der Waals surface area contributed by atoms with Crippen LogP contribution < -0.4 is 23.7 Å². The van der Waals surface area contributed by atoms with Gasteiger partial charge in [-0.1, -0.05) is 96.5 Å². The zero-order valence-electron chi connectivity index (χ0n) is 34.8. The SMILES string of the molecule is CCCCCCCCCCCCCCCCOc1ccc(C(=O)Oc2ccc(C(=O)Oc3cccc(C(=O)Oc4ccc(C(=O)Oc5ccc(C#N)cc5)cc4)c3)cc2)cc1. The summed E-state index contributed by atoms with van der Waals surface area (Å²) in [4.78, 5) is 51.1. The fourth-order valence-electron chi connectivity index (χ4n) is 6.44. The van der Waals surface area contributed by atoms with E-state index in [4.69, 9.17) is 28.9 Å². The Morgan fingerprint density at radius 3 is 1.20 bits per heavy atom. The molecule has 0 aliphatic heterocycles. The van der Waals surface area contributed by atoms with Crippen LogP contribution in [-0.2, 0) is 0 Å². The van der Waals surface area contributed by atoms with E-state index in [2.05, 4.69) is 6.92 Å². The van der Waals surface area contributed by atoms with E-state index < -0.39 is 23.9 Å². The lowest BCUT2D eigenvalue weighted by Gasteiger charge is -2.09. The molecule has 10 nitrogen and oxygen atoms in total. The molecule has 0 radical (unpaired) electrons. The van der Waals surface area contributed by atoms with Gasteiger partial charge in [-0.05, 0) is 122 Å². The molecule has 0 bridgehead atoms. The summed E-state index contributed by atoms with van der Waals surface area (Å²) < 4.78 is 27.7. The second-order valence-corrected chi connectivity index (χ2v) is 14.7. The van der Waals surface area contributed by atoms with Gasteiger partial charge in [0.2, 0.25) is 0 Å². The van der Waals surface area contributed by atoms with Gasteiger partial charge in [-0.2, -0.15) is 5.26 Å². The van der Waals surface area contributed by atoms with E-state index in [9.17, 15) is 19.2 Å². The Bertz CT molecular complexity index is 2190. The maximum absolute atomic E-state index is 12.9. The molecule has 0 aliphatic carbocycles. The first-order valence-electron chi connectivity index (χ1n) is 21.2. The fourth-order valence-corrected chi connectivity index (χ4v) is 6.44. The highest BCUT2D eigenvalue weighted by Crippen LogP contribution is 2.22. The van der Waals surface area contributed by atoms with Gasteiger partial charge < -0.3 is 23.7 Å². The van der Waals surface area contributed by atoms with E-state index in [1.54, 1.807) is 30.3 Å². The van der Waals surface area contributed by atoms with Crippen LogP contribution in [0.15, 0.2) is 121 Å². The molecular weight excluding hydrogens is 771 g/mol. The van der Waals surface area contributed by atoms with Gasteiger partial charge >= 0.3 is 23.9 Å². The molecule has 0 unspecified atom stereocenters. The number of benzene rings is 5. The number of hydrogen-bond acceptors (Lipinski definition) is 10. The molecule has 10 heteroatoms. The van der Waals surface area contributed by atoms with Crippen molar-refractivity contribution in [1.29, 1.82) is 5.26 Å². The zero-order valence-corrected chi connectivity index (χ0v) is 34.8. The Balaban J connectivity index is 0.979. The number of unbranched alkanes of at least 4 members (excludes halogenated alkanes) is 13. The van der Waals surface area contributed by atoms with Crippen LogP contribution in [0, 0.1) is 11.3 Å². The van der Waals surface area contributed by atoms with Crippen LogP contribution in [0.3, 0.4) is 0 Å². The number of nitriles is 1. The third-order valence-electron chi connectivity index (χ3n) is 9.93. The second-order valence-electron chi connectivity index (χ2n) is 14.7. The molecule has 0 saturated heterocycles. The average Bonchev–Trinajstić information content (AvgIpc) is 3.28. The minimum atomic E-state index is -0.709. The molecule has 0 saturated carbocycles. The number of esters is 4. The molecule has 0 N–H and O–H groups in total. The maximum atomic E-state index is 12.9. The molecule has 0 aromatic heterocycles. The smallest absolute Gasteiger partial charge is 0.343 e. The Morgan fingerprint density at radius 2 is 0.770 bits per heavy atom. The van der Waals surface area contributed by atoms with Gasteiger partial charge in [0.05, 0.1) is 40.5 Å². The highest BCUT2D eigenvalue weighted by Gasteiger charge is 2.16. The predicted molar refractivity (Wildman–Crippen MR) is 233 cm³/mol. The van der Waals surface area contributed by atoms with E-state index in [1.165, 1.54) is 168 Å². The van der Waals surface area contributed by atoms with Crippen molar-refractivity contribution in [2.45, 2.75) is 96.8 Å². The van der Waals surface area contributed by atoms with Crippen molar-refractivity contribution in [1.82, 2.24) is 0 Å². The molecule has 0 atom stereocenters. The molecule has 5 aromatic rings.